The van der Waals surface area contributed by atoms with Crippen LogP contribution in [-0.4, -0.2) is 23.0 Å². The molecule has 0 aliphatic rings. The van der Waals surface area contributed by atoms with Crippen molar-refractivity contribution in [3.05, 3.63) is 30.3 Å². The maximum atomic E-state index is 12.1. The maximum Gasteiger partial charge on any atom is 0.442 e. The van der Waals surface area contributed by atoms with Gasteiger partial charge in [-0.15, -0.1) is 0 Å². The van der Waals surface area contributed by atoms with E-state index in [1.54, 1.807) is 18.2 Å². The summed E-state index contributed by atoms with van der Waals surface area (Å²) >= 11 is 0. The number of rotatable bonds is 2. The average Bonchev–Trinajstić information content (AvgIpc) is 2.17. The molecule has 2 N–H and O–H groups in total. The van der Waals surface area contributed by atoms with E-state index in [4.69, 9.17) is 5.21 Å². The summed E-state index contributed by atoms with van der Waals surface area (Å²) in [5.74, 6) is -1.51. The van der Waals surface area contributed by atoms with E-state index in [0.29, 0.717) is 0 Å². The standard InChI is InChI=1S/C9H7F3N2O2/c10-9(11,12)7(14-16)8(15)13-6-4-2-1-3-5-6/h1-5,16H,(H,13,15). The summed E-state index contributed by atoms with van der Waals surface area (Å²) in [6.45, 7) is 0. The van der Waals surface area contributed by atoms with Crippen molar-refractivity contribution in [2.75, 3.05) is 5.32 Å². The summed E-state index contributed by atoms with van der Waals surface area (Å²) in [7, 11) is 0. The van der Waals surface area contributed by atoms with Gasteiger partial charge in [-0.3, -0.25) is 4.79 Å². The fourth-order valence-corrected chi connectivity index (χ4v) is 0.943. The van der Waals surface area contributed by atoms with Crippen molar-refractivity contribution >= 4 is 17.3 Å². The average molecular weight is 232 g/mol. The molecule has 0 spiro atoms. The number of hydrogen-bond acceptors (Lipinski definition) is 3. The van der Waals surface area contributed by atoms with Gasteiger partial charge in [0, 0.05) is 5.69 Å². The molecule has 16 heavy (non-hydrogen) atoms. The minimum absolute atomic E-state index is 0.179. The quantitative estimate of drug-likeness (QED) is 0.465. The second kappa shape index (κ2) is 4.65. The van der Waals surface area contributed by atoms with Gasteiger partial charge in [0.05, 0.1) is 0 Å². The van der Waals surface area contributed by atoms with Crippen molar-refractivity contribution in [1.29, 1.82) is 0 Å². The fraction of sp³-hybridized carbons (Fsp3) is 0.111. The molecule has 1 amide bonds. The second-order valence-corrected chi connectivity index (χ2v) is 2.77. The molecule has 0 aliphatic carbocycles. The first-order valence-corrected chi connectivity index (χ1v) is 4.11. The molecule has 4 nitrogen and oxygen atoms in total. The Morgan fingerprint density at radius 1 is 1.25 bits per heavy atom. The van der Waals surface area contributed by atoms with Crippen LogP contribution in [0.2, 0.25) is 0 Å². The Kier molecular flexibility index (Phi) is 3.49. The highest BCUT2D eigenvalue weighted by Crippen LogP contribution is 2.18. The van der Waals surface area contributed by atoms with E-state index < -0.39 is 17.8 Å². The maximum absolute atomic E-state index is 12.1. The number of nitrogens with one attached hydrogen (secondary N) is 1. The van der Waals surface area contributed by atoms with Crippen LogP contribution < -0.4 is 5.32 Å². The lowest BCUT2D eigenvalue weighted by Crippen LogP contribution is -2.35. The van der Waals surface area contributed by atoms with Crippen LogP contribution in [0.15, 0.2) is 35.5 Å². The van der Waals surface area contributed by atoms with Crippen LogP contribution in [0.25, 0.3) is 0 Å². The molecule has 7 heteroatoms. The fourth-order valence-electron chi connectivity index (χ4n) is 0.943. The van der Waals surface area contributed by atoms with E-state index in [2.05, 4.69) is 0 Å². The molecule has 0 aliphatic heterocycles. The topological polar surface area (TPSA) is 61.7 Å². The minimum atomic E-state index is -4.99. The molecule has 0 saturated heterocycles. The third kappa shape index (κ3) is 2.97. The van der Waals surface area contributed by atoms with Crippen LogP contribution >= 0.6 is 0 Å². The Balaban J connectivity index is 2.80. The Morgan fingerprint density at radius 2 is 1.81 bits per heavy atom. The van der Waals surface area contributed by atoms with E-state index in [1.165, 1.54) is 12.1 Å². The predicted molar refractivity (Wildman–Crippen MR) is 50.3 cm³/mol. The molecule has 1 aromatic rings. The summed E-state index contributed by atoms with van der Waals surface area (Å²) in [4.78, 5) is 11.1. The highest BCUT2D eigenvalue weighted by Gasteiger charge is 2.41. The zero-order chi connectivity index (χ0) is 12.2. The number of anilines is 1. The second-order valence-electron chi connectivity index (χ2n) is 2.77. The molecule has 1 aromatic carbocycles. The van der Waals surface area contributed by atoms with Gasteiger partial charge in [0.15, 0.2) is 0 Å². The minimum Gasteiger partial charge on any atom is -0.410 e. The summed E-state index contributed by atoms with van der Waals surface area (Å²) < 4.78 is 36.4. The van der Waals surface area contributed by atoms with Crippen LogP contribution in [0.3, 0.4) is 0 Å². The van der Waals surface area contributed by atoms with Gasteiger partial charge in [-0.1, -0.05) is 23.4 Å². The van der Waals surface area contributed by atoms with Gasteiger partial charge in [0.1, 0.15) is 0 Å². The first-order chi connectivity index (χ1) is 7.45. The molecule has 0 fully saturated rings. The third-order valence-electron chi connectivity index (χ3n) is 1.62. The lowest BCUT2D eigenvalue weighted by Gasteiger charge is -2.08. The number of benzene rings is 1. The first-order valence-electron chi connectivity index (χ1n) is 4.11. The van der Waals surface area contributed by atoms with Gasteiger partial charge >= 0.3 is 6.18 Å². The van der Waals surface area contributed by atoms with E-state index in [0.717, 1.165) is 0 Å². The van der Waals surface area contributed by atoms with Crippen molar-refractivity contribution in [3.8, 4) is 0 Å². The van der Waals surface area contributed by atoms with Gasteiger partial charge in [0.2, 0.25) is 5.71 Å². The predicted octanol–water partition coefficient (Wildman–Crippen LogP) is 2.02. The van der Waals surface area contributed by atoms with E-state index >= 15 is 0 Å². The normalized spacial score (nSPS) is 12.3. The van der Waals surface area contributed by atoms with E-state index in [-0.39, 0.29) is 5.69 Å². The SMILES string of the molecule is O=C(Nc1ccccc1)C(=NO)C(F)(F)F. The van der Waals surface area contributed by atoms with Gasteiger partial charge < -0.3 is 10.5 Å². The molecule has 0 heterocycles. The van der Waals surface area contributed by atoms with Crippen molar-refractivity contribution in [2.24, 2.45) is 5.16 Å². The molecule has 1 rings (SSSR count). The van der Waals surface area contributed by atoms with Gasteiger partial charge in [0.25, 0.3) is 5.91 Å². The molecule has 0 bridgehead atoms. The molecule has 0 atom stereocenters. The molecule has 0 aromatic heterocycles. The van der Waals surface area contributed by atoms with Crippen molar-refractivity contribution in [1.82, 2.24) is 0 Å². The van der Waals surface area contributed by atoms with Crippen LogP contribution in [-0.2, 0) is 4.79 Å². The van der Waals surface area contributed by atoms with Gasteiger partial charge in [-0.2, -0.15) is 13.2 Å². The number of oxime groups is 1. The Hall–Kier alpha value is -2.05. The van der Waals surface area contributed by atoms with Crippen molar-refractivity contribution < 1.29 is 23.2 Å². The zero-order valence-corrected chi connectivity index (χ0v) is 7.82. The van der Waals surface area contributed by atoms with Gasteiger partial charge in [-0.05, 0) is 12.1 Å². The molecule has 0 unspecified atom stereocenters. The lowest BCUT2D eigenvalue weighted by atomic mass is 10.3. The monoisotopic (exact) mass is 232 g/mol. The molecule has 86 valence electrons. The number of para-hydroxylation sites is 1. The number of halogens is 3. The first kappa shape index (κ1) is 12.0. The summed E-state index contributed by atoms with van der Waals surface area (Å²) in [6.07, 6.45) is -4.99. The van der Waals surface area contributed by atoms with Crippen molar-refractivity contribution in [3.63, 3.8) is 0 Å². The molecular weight excluding hydrogens is 225 g/mol. The highest BCUT2D eigenvalue weighted by molar-refractivity contribution is 6.44. The van der Waals surface area contributed by atoms with E-state index in [1.807, 2.05) is 10.5 Å². The lowest BCUT2D eigenvalue weighted by molar-refractivity contribution is -0.115. The van der Waals surface area contributed by atoms with E-state index in [9.17, 15) is 18.0 Å². The number of amides is 1. The molecule has 0 saturated carbocycles. The Morgan fingerprint density at radius 3 is 2.25 bits per heavy atom. The van der Waals surface area contributed by atoms with Crippen LogP contribution in [0.1, 0.15) is 0 Å². The summed E-state index contributed by atoms with van der Waals surface area (Å²) in [5, 5.41) is 12.0. The van der Waals surface area contributed by atoms with Crippen LogP contribution in [0.4, 0.5) is 18.9 Å². The number of nitrogens with zero attached hydrogens (tertiary/aromatic N) is 1. The summed E-state index contributed by atoms with van der Waals surface area (Å²) in [5.41, 5.74) is -1.71. The number of carbonyl (C=O) groups is 1. The number of hydrogen-bond donors (Lipinski definition) is 2. The summed E-state index contributed by atoms with van der Waals surface area (Å²) in [6, 6.07) is 7.53. The van der Waals surface area contributed by atoms with Crippen LogP contribution in [0.5, 0.6) is 0 Å². The molecule has 0 radical (unpaired) electrons. The van der Waals surface area contributed by atoms with Gasteiger partial charge in [-0.25, -0.2) is 0 Å². The largest absolute Gasteiger partial charge is 0.442 e. The Bertz CT molecular complexity index is 401. The zero-order valence-electron chi connectivity index (χ0n) is 7.82. The van der Waals surface area contributed by atoms with Crippen LogP contribution in [0, 0.1) is 0 Å². The third-order valence-corrected chi connectivity index (χ3v) is 1.62. The number of alkyl halides is 3. The Labute approximate surface area is 88.4 Å². The smallest absolute Gasteiger partial charge is 0.410 e. The number of carbonyl (C=O) groups excluding carboxylic acids is 1. The highest BCUT2D eigenvalue weighted by atomic mass is 19.4. The molecular formula is C9H7F3N2O2. The van der Waals surface area contributed by atoms with Crippen molar-refractivity contribution in [2.45, 2.75) is 6.18 Å².